The van der Waals surface area contributed by atoms with E-state index in [0.717, 1.165) is 41.6 Å². The Kier molecular flexibility index (Phi) is 5.02. The normalized spacial score (nSPS) is 15.7. The minimum Gasteiger partial charge on any atom is -0.497 e. The van der Waals surface area contributed by atoms with Gasteiger partial charge in [-0.25, -0.2) is 0 Å². The molecule has 1 heterocycles. The van der Waals surface area contributed by atoms with Gasteiger partial charge < -0.3 is 20.4 Å². The molecule has 2 amide bonds. The van der Waals surface area contributed by atoms with Crippen LogP contribution in [-0.4, -0.2) is 30.5 Å². The number of hydrogen-bond donors (Lipinski definition) is 3. The lowest BCUT2D eigenvalue weighted by molar-refractivity contribution is -0.121. The maximum atomic E-state index is 12.4. The summed E-state index contributed by atoms with van der Waals surface area (Å²) in [6, 6.07) is 14.8. The lowest BCUT2D eigenvalue weighted by atomic mass is 9.91. The summed E-state index contributed by atoms with van der Waals surface area (Å²) < 4.78 is 5.34. The summed E-state index contributed by atoms with van der Waals surface area (Å²) in [7, 11) is 1.66. The molecule has 3 N–H and O–H groups in total. The van der Waals surface area contributed by atoms with Gasteiger partial charge in [0.05, 0.1) is 19.7 Å². The molecule has 2 aromatic carbocycles. The minimum absolute atomic E-state index is 0.0480. The molecule has 1 atom stereocenters. The number of nitrogens with one attached hydrogen (secondary N) is 3. The molecular formula is C22H23N3O3. The van der Waals surface area contributed by atoms with Crippen molar-refractivity contribution in [2.24, 2.45) is 0 Å². The summed E-state index contributed by atoms with van der Waals surface area (Å²) in [5.41, 5.74) is 3.88. The van der Waals surface area contributed by atoms with E-state index in [4.69, 9.17) is 4.74 Å². The number of benzene rings is 2. The molecular weight excluding hydrogens is 354 g/mol. The van der Waals surface area contributed by atoms with Crippen LogP contribution in [0.15, 0.2) is 48.5 Å². The van der Waals surface area contributed by atoms with Gasteiger partial charge in [0.1, 0.15) is 5.75 Å². The van der Waals surface area contributed by atoms with Gasteiger partial charge in [-0.05, 0) is 55.2 Å². The molecule has 0 aliphatic heterocycles. The first kappa shape index (κ1) is 18.1. The Bertz CT molecular complexity index is 1010. The van der Waals surface area contributed by atoms with Crippen molar-refractivity contribution < 1.29 is 14.3 Å². The van der Waals surface area contributed by atoms with Crippen LogP contribution in [0.3, 0.4) is 0 Å². The number of carbonyl (C=O) groups is 2. The molecule has 0 fully saturated rings. The number of aryl methyl sites for hydroxylation is 1. The zero-order valence-electron chi connectivity index (χ0n) is 15.7. The van der Waals surface area contributed by atoms with Gasteiger partial charge in [0, 0.05) is 22.2 Å². The predicted octanol–water partition coefficient (Wildman–Crippen LogP) is 3.10. The number of ether oxygens (including phenoxy) is 1. The van der Waals surface area contributed by atoms with Crippen LogP contribution < -0.4 is 15.4 Å². The topological polar surface area (TPSA) is 83.2 Å². The van der Waals surface area contributed by atoms with Crippen LogP contribution in [0.1, 0.15) is 40.5 Å². The number of hydrogen-bond acceptors (Lipinski definition) is 3. The Labute approximate surface area is 163 Å². The van der Waals surface area contributed by atoms with Crippen LogP contribution >= 0.6 is 0 Å². The van der Waals surface area contributed by atoms with Crippen molar-refractivity contribution in [3.63, 3.8) is 0 Å². The van der Waals surface area contributed by atoms with Crippen LogP contribution in [0.25, 0.3) is 10.9 Å². The van der Waals surface area contributed by atoms with Gasteiger partial charge in [-0.3, -0.25) is 9.59 Å². The quantitative estimate of drug-likeness (QED) is 0.639. The van der Waals surface area contributed by atoms with Crippen molar-refractivity contribution in [3.8, 4) is 5.75 Å². The van der Waals surface area contributed by atoms with Gasteiger partial charge in [0.15, 0.2) is 0 Å². The fourth-order valence-corrected chi connectivity index (χ4v) is 3.81. The van der Waals surface area contributed by atoms with E-state index < -0.39 is 0 Å². The summed E-state index contributed by atoms with van der Waals surface area (Å²) in [5, 5.41) is 6.88. The lowest BCUT2D eigenvalue weighted by Gasteiger charge is -2.24. The van der Waals surface area contributed by atoms with Crippen molar-refractivity contribution in [2.45, 2.75) is 25.3 Å². The van der Waals surface area contributed by atoms with Crippen molar-refractivity contribution >= 4 is 22.7 Å². The third-order valence-electron chi connectivity index (χ3n) is 5.20. The molecule has 3 aromatic rings. The van der Waals surface area contributed by atoms with Crippen molar-refractivity contribution in [2.75, 3.05) is 13.7 Å². The smallest absolute Gasteiger partial charge is 0.251 e. The molecule has 28 heavy (non-hydrogen) atoms. The van der Waals surface area contributed by atoms with Gasteiger partial charge in [-0.15, -0.1) is 0 Å². The standard InChI is InChI=1S/C22H23N3O3/c1-28-15-10-11-18-17(12-15)16-8-5-9-19(21(16)25-18)24-20(26)13-23-22(27)14-6-3-2-4-7-14/h2-4,6-7,10-12,19,25H,5,8-9,13H2,1H3,(H,23,27)(H,24,26). The first-order valence-corrected chi connectivity index (χ1v) is 9.47. The molecule has 6 heteroatoms. The highest BCUT2D eigenvalue weighted by molar-refractivity contribution is 5.96. The SMILES string of the molecule is COc1ccc2[nH]c3c(c2c1)CCCC3NC(=O)CNC(=O)c1ccccc1. The fourth-order valence-electron chi connectivity index (χ4n) is 3.81. The van der Waals surface area contributed by atoms with Crippen LogP contribution in [-0.2, 0) is 11.2 Å². The zero-order chi connectivity index (χ0) is 19.5. The second-order valence-corrected chi connectivity index (χ2v) is 6.99. The number of aromatic amines is 1. The number of methoxy groups -OCH3 is 1. The van der Waals surface area contributed by atoms with Crippen molar-refractivity contribution in [3.05, 3.63) is 65.4 Å². The molecule has 0 radical (unpaired) electrons. The third-order valence-corrected chi connectivity index (χ3v) is 5.20. The summed E-state index contributed by atoms with van der Waals surface area (Å²) in [6.07, 6.45) is 2.84. The Balaban J connectivity index is 1.45. The van der Waals surface area contributed by atoms with Crippen LogP contribution in [0.5, 0.6) is 5.75 Å². The van der Waals surface area contributed by atoms with E-state index in [-0.39, 0.29) is 24.4 Å². The highest BCUT2D eigenvalue weighted by atomic mass is 16.5. The minimum atomic E-state index is -0.252. The van der Waals surface area contributed by atoms with Gasteiger partial charge >= 0.3 is 0 Å². The Morgan fingerprint density at radius 2 is 2.00 bits per heavy atom. The number of amides is 2. The van der Waals surface area contributed by atoms with Crippen molar-refractivity contribution in [1.82, 2.24) is 15.6 Å². The first-order chi connectivity index (χ1) is 13.7. The molecule has 1 unspecified atom stereocenters. The average molecular weight is 377 g/mol. The molecule has 1 aliphatic rings. The third kappa shape index (κ3) is 3.58. The summed E-state index contributed by atoms with van der Waals surface area (Å²) in [6.45, 7) is -0.0480. The molecule has 144 valence electrons. The van der Waals surface area contributed by atoms with Crippen molar-refractivity contribution in [1.29, 1.82) is 0 Å². The van der Waals surface area contributed by atoms with E-state index in [1.165, 1.54) is 5.56 Å². The Morgan fingerprint density at radius 3 is 2.79 bits per heavy atom. The summed E-state index contributed by atoms with van der Waals surface area (Å²) in [4.78, 5) is 28.0. The molecule has 0 saturated carbocycles. The lowest BCUT2D eigenvalue weighted by Crippen LogP contribution is -2.39. The van der Waals surface area contributed by atoms with Gasteiger partial charge in [0.2, 0.25) is 5.91 Å². The van der Waals surface area contributed by atoms with Crippen LogP contribution in [0, 0.1) is 0 Å². The van der Waals surface area contributed by atoms with E-state index >= 15 is 0 Å². The monoisotopic (exact) mass is 377 g/mol. The number of fused-ring (bicyclic) bond motifs is 3. The second-order valence-electron chi connectivity index (χ2n) is 6.99. The van der Waals surface area contributed by atoms with Crippen LogP contribution in [0.2, 0.25) is 0 Å². The van der Waals surface area contributed by atoms with Gasteiger partial charge in [0.25, 0.3) is 5.91 Å². The van der Waals surface area contributed by atoms with Crippen LogP contribution in [0.4, 0.5) is 0 Å². The Hall–Kier alpha value is -3.28. The number of carbonyl (C=O) groups excluding carboxylic acids is 2. The summed E-state index contributed by atoms with van der Waals surface area (Å²) in [5.74, 6) is 0.375. The van der Waals surface area contributed by atoms with E-state index in [1.54, 1.807) is 31.4 Å². The number of aromatic nitrogens is 1. The highest BCUT2D eigenvalue weighted by Crippen LogP contribution is 2.36. The molecule has 6 nitrogen and oxygen atoms in total. The van der Waals surface area contributed by atoms with E-state index in [2.05, 4.69) is 15.6 Å². The molecule has 1 aliphatic carbocycles. The van der Waals surface area contributed by atoms with Gasteiger partial charge in [-0.2, -0.15) is 0 Å². The molecule has 1 aromatic heterocycles. The molecule has 0 saturated heterocycles. The molecule has 0 bridgehead atoms. The number of rotatable bonds is 5. The highest BCUT2D eigenvalue weighted by Gasteiger charge is 2.25. The van der Waals surface area contributed by atoms with E-state index in [9.17, 15) is 9.59 Å². The van der Waals surface area contributed by atoms with E-state index in [0.29, 0.717) is 5.56 Å². The maximum absolute atomic E-state index is 12.4. The maximum Gasteiger partial charge on any atom is 0.251 e. The zero-order valence-corrected chi connectivity index (χ0v) is 15.7. The fraction of sp³-hybridized carbons (Fsp3) is 0.273. The average Bonchev–Trinajstić information content (AvgIpc) is 3.11. The molecule has 4 rings (SSSR count). The second kappa shape index (κ2) is 7.76. The van der Waals surface area contributed by atoms with Gasteiger partial charge in [-0.1, -0.05) is 18.2 Å². The predicted molar refractivity (Wildman–Crippen MR) is 107 cm³/mol. The molecule has 0 spiro atoms. The largest absolute Gasteiger partial charge is 0.497 e. The Morgan fingerprint density at radius 1 is 1.18 bits per heavy atom. The first-order valence-electron chi connectivity index (χ1n) is 9.47. The number of H-pyrrole nitrogens is 1. The summed E-state index contributed by atoms with van der Waals surface area (Å²) >= 11 is 0. The van der Waals surface area contributed by atoms with E-state index in [1.807, 2.05) is 24.3 Å².